The molecule has 0 aromatic heterocycles. The molecule has 0 fully saturated rings. The van der Waals surface area contributed by atoms with Crippen LogP contribution in [0.3, 0.4) is 0 Å². The molecular weight excluding hydrogens is 208 g/mol. The third-order valence-corrected chi connectivity index (χ3v) is 2.79. The molecule has 1 rings (SSSR count). The Bertz CT molecular complexity index is 295. The molecule has 1 aromatic rings. The standard InChI is InChI=1S/C15H26N2/c1-13(2)16-10-14(3)11-17(4)12-15-8-6-5-7-9-15/h5-9,13-14,16H,10-12H2,1-4H3. The number of hydrogen-bond donors (Lipinski definition) is 1. The molecule has 17 heavy (non-hydrogen) atoms. The van der Waals surface area contributed by atoms with Gasteiger partial charge in [-0.05, 0) is 25.1 Å². The zero-order valence-corrected chi connectivity index (χ0v) is 11.6. The van der Waals surface area contributed by atoms with Gasteiger partial charge in [0.25, 0.3) is 0 Å². The van der Waals surface area contributed by atoms with Gasteiger partial charge in [-0.3, -0.25) is 0 Å². The highest BCUT2D eigenvalue weighted by Gasteiger charge is 2.07. The summed E-state index contributed by atoms with van der Waals surface area (Å²) in [4.78, 5) is 2.39. The fourth-order valence-electron chi connectivity index (χ4n) is 1.99. The Morgan fingerprint density at radius 2 is 1.76 bits per heavy atom. The molecule has 2 heteroatoms. The summed E-state index contributed by atoms with van der Waals surface area (Å²) in [6.45, 7) is 9.95. The Morgan fingerprint density at radius 1 is 1.12 bits per heavy atom. The van der Waals surface area contributed by atoms with Crippen molar-refractivity contribution in [2.45, 2.75) is 33.4 Å². The quantitative estimate of drug-likeness (QED) is 0.780. The van der Waals surface area contributed by atoms with Gasteiger partial charge in [0.15, 0.2) is 0 Å². The van der Waals surface area contributed by atoms with Gasteiger partial charge in [-0.1, -0.05) is 51.1 Å². The molecule has 0 radical (unpaired) electrons. The molecule has 0 spiro atoms. The zero-order valence-electron chi connectivity index (χ0n) is 11.6. The third-order valence-electron chi connectivity index (χ3n) is 2.79. The van der Waals surface area contributed by atoms with E-state index in [9.17, 15) is 0 Å². The lowest BCUT2D eigenvalue weighted by Gasteiger charge is -2.22. The summed E-state index contributed by atoms with van der Waals surface area (Å²) in [7, 11) is 2.19. The van der Waals surface area contributed by atoms with Gasteiger partial charge < -0.3 is 10.2 Å². The van der Waals surface area contributed by atoms with E-state index in [4.69, 9.17) is 0 Å². The Labute approximate surface area is 106 Å². The van der Waals surface area contributed by atoms with Crippen LogP contribution in [-0.2, 0) is 6.54 Å². The predicted molar refractivity (Wildman–Crippen MR) is 75.1 cm³/mol. The molecular formula is C15H26N2. The van der Waals surface area contributed by atoms with Gasteiger partial charge in [-0.2, -0.15) is 0 Å². The van der Waals surface area contributed by atoms with Crippen molar-refractivity contribution >= 4 is 0 Å². The highest BCUT2D eigenvalue weighted by atomic mass is 15.1. The lowest BCUT2D eigenvalue weighted by molar-refractivity contribution is 0.271. The van der Waals surface area contributed by atoms with Crippen LogP contribution >= 0.6 is 0 Å². The minimum absolute atomic E-state index is 0.580. The van der Waals surface area contributed by atoms with E-state index in [1.54, 1.807) is 0 Å². The molecule has 0 aliphatic heterocycles. The fourth-order valence-corrected chi connectivity index (χ4v) is 1.99. The smallest absolute Gasteiger partial charge is 0.0230 e. The molecule has 1 N–H and O–H groups in total. The summed E-state index contributed by atoms with van der Waals surface area (Å²) in [5, 5.41) is 3.49. The minimum Gasteiger partial charge on any atom is -0.314 e. The van der Waals surface area contributed by atoms with Crippen molar-refractivity contribution < 1.29 is 0 Å². The lowest BCUT2D eigenvalue weighted by atomic mass is 10.1. The van der Waals surface area contributed by atoms with E-state index in [1.807, 2.05) is 0 Å². The van der Waals surface area contributed by atoms with Gasteiger partial charge in [0.1, 0.15) is 0 Å². The molecule has 0 amide bonds. The number of benzene rings is 1. The number of hydrogen-bond acceptors (Lipinski definition) is 2. The van der Waals surface area contributed by atoms with E-state index in [0.29, 0.717) is 12.0 Å². The summed E-state index contributed by atoms with van der Waals surface area (Å²) in [6.07, 6.45) is 0. The molecule has 0 saturated carbocycles. The maximum Gasteiger partial charge on any atom is 0.0230 e. The Morgan fingerprint density at radius 3 is 2.35 bits per heavy atom. The zero-order chi connectivity index (χ0) is 12.7. The van der Waals surface area contributed by atoms with Crippen molar-refractivity contribution in [1.29, 1.82) is 0 Å². The van der Waals surface area contributed by atoms with Crippen molar-refractivity contribution in [1.82, 2.24) is 10.2 Å². The first kappa shape index (κ1) is 14.2. The monoisotopic (exact) mass is 234 g/mol. The van der Waals surface area contributed by atoms with Crippen LogP contribution in [0.1, 0.15) is 26.3 Å². The molecule has 96 valence electrons. The van der Waals surface area contributed by atoms with Crippen LogP contribution in [0.15, 0.2) is 30.3 Å². The summed E-state index contributed by atoms with van der Waals surface area (Å²) in [6, 6.07) is 11.2. The van der Waals surface area contributed by atoms with Gasteiger partial charge in [-0.15, -0.1) is 0 Å². The molecule has 0 heterocycles. The van der Waals surface area contributed by atoms with Crippen LogP contribution in [0, 0.1) is 5.92 Å². The largest absolute Gasteiger partial charge is 0.314 e. The Kier molecular flexibility index (Phi) is 6.23. The third kappa shape index (κ3) is 6.44. The van der Waals surface area contributed by atoms with E-state index in [0.717, 1.165) is 19.6 Å². The Hall–Kier alpha value is -0.860. The van der Waals surface area contributed by atoms with E-state index >= 15 is 0 Å². The number of rotatable bonds is 7. The van der Waals surface area contributed by atoms with Crippen LogP contribution in [0.5, 0.6) is 0 Å². The summed E-state index contributed by atoms with van der Waals surface area (Å²) < 4.78 is 0. The highest BCUT2D eigenvalue weighted by molar-refractivity contribution is 5.14. The lowest BCUT2D eigenvalue weighted by Crippen LogP contribution is -2.33. The van der Waals surface area contributed by atoms with Crippen LogP contribution in [-0.4, -0.2) is 31.1 Å². The summed E-state index contributed by atoms with van der Waals surface area (Å²) in [5.41, 5.74) is 1.39. The number of nitrogens with zero attached hydrogens (tertiary/aromatic N) is 1. The normalized spacial score (nSPS) is 13.3. The first-order chi connectivity index (χ1) is 8.08. The maximum atomic E-state index is 3.49. The summed E-state index contributed by atoms with van der Waals surface area (Å²) in [5.74, 6) is 0.686. The SMILES string of the molecule is CC(CNC(C)C)CN(C)Cc1ccccc1. The fraction of sp³-hybridized carbons (Fsp3) is 0.600. The molecule has 2 nitrogen and oxygen atoms in total. The first-order valence-corrected chi connectivity index (χ1v) is 6.53. The van der Waals surface area contributed by atoms with E-state index < -0.39 is 0 Å². The van der Waals surface area contributed by atoms with Crippen LogP contribution in [0.4, 0.5) is 0 Å². The topological polar surface area (TPSA) is 15.3 Å². The second-order valence-electron chi connectivity index (χ2n) is 5.35. The van der Waals surface area contributed by atoms with Gasteiger partial charge in [-0.25, -0.2) is 0 Å². The van der Waals surface area contributed by atoms with Crippen LogP contribution in [0.25, 0.3) is 0 Å². The van der Waals surface area contributed by atoms with Crippen molar-refractivity contribution in [2.24, 2.45) is 5.92 Å². The van der Waals surface area contributed by atoms with Crippen LogP contribution in [0.2, 0.25) is 0 Å². The second-order valence-corrected chi connectivity index (χ2v) is 5.35. The van der Waals surface area contributed by atoms with Crippen molar-refractivity contribution in [2.75, 3.05) is 20.1 Å². The second kappa shape index (κ2) is 7.46. The molecule has 0 aliphatic carbocycles. The van der Waals surface area contributed by atoms with E-state index in [2.05, 4.69) is 68.4 Å². The maximum absolute atomic E-state index is 3.49. The molecule has 1 atom stereocenters. The van der Waals surface area contributed by atoms with E-state index in [1.165, 1.54) is 5.56 Å². The molecule has 0 aliphatic rings. The summed E-state index contributed by atoms with van der Waals surface area (Å²) >= 11 is 0. The average Bonchev–Trinajstić information content (AvgIpc) is 2.27. The van der Waals surface area contributed by atoms with Crippen molar-refractivity contribution in [3.8, 4) is 0 Å². The molecule has 1 aromatic carbocycles. The van der Waals surface area contributed by atoms with Gasteiger partial charge in [0, 0.05) is 19.1 Å². The van der Waals surface area contributed by atoms with Crippen LogP contribution < -0.4 is 5.32 Å². The average molecular weight is 234 g/mol. The Balaban J connectivity index is 2.27. The van der Waals surface area contributed by atoms with Crippen molar-refractivity contribution in [3.63, 3.8) is 0 Å². The van der Waals surface area contributed by atoms with E-state index in [-0.39, 0.29) is 0 Å². The predicted octanol–water partition coefficient (Wildman–Crippen LogP) is 2.75. The molecule has 0 bridgehead atoms. The van der Waals surface area contributed by atoms with Gasteiger partial charge in [0.2, 0.25) is 0 Å². The highest BCUT2D eigenvalue weighted by Crippen LogP contribution is 2.05. The molecule has 0 saturated heterocycles. The first-order valence-electron chi connectivity index (χ1n) is 6.53. The van der Waals surface area contributed by atoms with Gasteiger partial charge >= 0.3 is 0 Å². The molecule has 1 unspecified atom stereocenters. The van der Waals surface area contributed by atoms with Gasteiger partial charge in [0.05, 0.1) is 0 Å². The van der Waals surface area contributed by atoms with Crippen molar-refractivity contribution in [3.05, 3.63) is 35.9 Å². The number of nitrogens with one attached hydrogen (secondary N) is 1. The minimum atomic E-state index is 0.580.